The summed E-state index contributed by atoms with van der Waals surface area (Å²) in [5.41, 5.74) is 1.69. The molecule has 0 aromatic heterocycles. The first kappa shape index (κ1) is 26.2. The Balaban J connectivity index is 1.57. The van der Waals surface area contributed by atoms with Crippen molar-refractivity contribution in [2.24, 2.45) is 10.8 Å². The second kappa shape index (κ2) is 9.42. The Labute approximate surface area is 227 Å². The van der Waals surface area contributed by atoms with Crippen LogP contribution in [0.4, 0.5) is 0 Å². The van der Waals surface area contributed by atoms with Crippen LogP contribution < -0.4 is 9.47 Å². The molecule has 5 rings (SSSR count). The maximum Gasteiger partial charge on any atom is 0.343 e. The molecular formula is C31H31ClO6. The van der Waals surface area contributed by atoms with Crippen molar-refractivity contribution in [3.05, 3.63) is 81.3 Å². The normalized spacial score (nSPS) is 20.5. The molecule has 1 aliphatic heterocycles. The first-order valence-corrected chi connectivity index (χ1v) is 13.1. The van der Waals surface area contributed by atoms with Crippen LogP contribution in [-0.4, -0.2) is 24.6 Å². The van der Waals surface area contributed by atoms with Gasteiger partial charge >= 0.3 is 5.97 Å². The van der Waals surface area contributed by atoms with E-state index in [1.54, 1.807) is 42.5 Å². The minimum atomic E-state index is -0.559. The lowest BCUT2D eigenvalue weighted by atomic mass is 9.65. The smallest absolute Gasteiger partial charge is 0.343 e. The Morgan fingerprint density at radius 1 is 0.842 bits per heavy atom. The monoisotopic (exact) mass is 534 g/mol. The molecule has 2 aromatic rings. The number of halogens is 1. The quantitative estimate of drug-likeness (QED) is 0.311. The molecule has 3 aliphatic rings. The molecule has 1 heterocycles. The second-order valence-electron chi connectivity index (χ2n) is 11.9. The standard InChI is InChI=1S/C31H31ClO6/c1-30(2)13-20(33)27-24(15-30)37-25-16-31(3,4)14-21(34)28(25)26(27)18-8-11-22(23(12-18)36-5)38-29(35)17-6-9-19(32)10-7-17/h6-12,26H,13-16H2,1-5H3. The Hall–Kier alpha value is -3.38. The number of rotatable bonds is 4. The lowest BCUT2D eigenvalue weighted by molar-refractivity contribution is -0.120. The largest absolute Gasteiger partial charge is 0.493 e. The molecule has 0 amide bonds. The highest BCUT2D eigenvalue weighted by Crippen LogP contribution is 2.53. The van der Waals surface area contributed by atoms with Gasteiger partial charge in [0.15, 0.2) is 23.1 Å². The number of ketones is 2. The molecule has 0 spiro atoms. The van der Waals surface area contributed by atoms with Crippen LogP contribution in [0.2, 0.25) is 5.02 Å². The summed E-state index contributed by atoms with van der Waals surface area (Å²) in [6.45, 7) is 8.22. The molecule has 38 heavy (non-hydrogen) atoms. The Bertz CT molecular complexity index is 1360. The molecule has 2 aliphatic carbocycles. The number of benzene rings is 2. The fourth-order valence-electron chi connectivity index (χ4n) is 5.70. The van der Waals surface area contributed by atoms with Crippen molar-refractivity contribution in [2.45, 2.75) is 59.3 Å². The van der Waals surface area contributed by atoms with Crippen LogP contribution in [0, 0.1) is 10.8 Å². The van der Waals surface area contributed by atoms with Gasteiger partial charge in [-0.25, -0.2) is 4.79 Å². The van der Waals surface area contributed by atoms with Crippen LogP contribution in [0.5, 0.6) is 11.5 Å². The average molecular weight is 535 g/mol. The third-order valence-electron chi connectivity index (χ3n) is 7.39. The van der Waals surface area contributed by atoms with Crippen molar-refractivity contribution in [3.63, 3.8) is 0 Å². The van der Waals surface area contributed by atoms with E-state index in [0.29, 0.717) is 64.7 Å². The molecular weight excluding hydrogens is 504 g/mol. The van der Waals surface area contributed by atoms with Crippen molar-refractivity contribution >= 4 is 29.1 Å². The van der Waals surface area contributed by atoms with Crippen LogP contribution in [0.15, 0.2) is 65.1 Å². The van der Waals surface area contributed by atoms with E-state index in [-0.39, 0.29) is 28.1 Å². The zero-order valence-corrected chi connectivity index (χ0v) is 23.0. The van der Waals surface area contributed by atoms with E-state index in [0.717, 1.165) is 5.56 Å². The minimum Gasteiger partial charge on any atom is -0.493 e. The highest BCUT2D eigenvalue weighted by Gasteiger charge is 2.48. The van der Waals surface area contributed by atoms with E-state index >= 15 is 0 Å². The third kappa shape index (κ3) is 4.90. The summed E-state index contributed by atoms with van der Waals surface area (Å²) in [6.07, 6.45) is 1.98. The predicted octanol–water partition coefficient (Wildman–Crippen LogP) is 6.97. The number of esters is 1. The van der Waals surface area contributed by atoms with Crippen LogP contribution in [0.25, 0.3) is 0 Å². The summed E-state index contributed by atoms with van der Waals surface area (Å²) in [7, 11) is 1.49. The number of hydrogen-bond donors (Lipinski definition) is 0. The molecule has 0 N–H and O–H groups in total. The Morgan fingerprint density at radius 2 is 1.39 bits per heavy atom. The highest BCUT2D eigenvalue weighted by molar-refractivity contribution is 6.30. The molecule has 0 saturated heterocycles. The van der Waals surface area contributed by atoms with Crippen molar-refractivity contribution in [3.8, 4) is 11.5 Å². The van der Waals surface area contributed by atoms with Gasteiger partial charge < -0.3 is 14.2 Å². The van der Waals surface area contributed by atoms with Crippen molar-refractivity contribution in [1.82, 2.24) is 0 Å². The van der Waals surface area contributed by atoms with Gasteiger partial charge in [0.2, 0.25) is 0 Å². The van der Waals surface area contributed by atoms with Crippen molar-refractivity contribution < 1.29 is 28.6 Å². The average Bonchev–Trinajstić information content (AvgIpc) is 2.81. The fourth-order valence-corrected chi connectivity index (χ4v) is 5.83. The van der Waals surface area contributed by atoms with E-state index in [4.69, 9.17) is 25.8 Å². The van der Waals surface area contributed by atoms with Crippen molar-refractivity contribution in [1.29, 1.82) is 0 Å². The molecule has 0 fully saturated rings. The van der Waals surface area contributed by atoms with Crippen LogP contribution >= 0.6 is 11.6 Å². The van der Waals surface area contributed by atoms with Gasteiger partial charge in [0, 0.05) is 47.8 Å². The number of methoxy groups -OCH3 is 1. The van der Waals surface area contributed by atoms with Gasteiger partial charge in [-0.05, 0) is 52.8 Å². The van der Waals surface area contributed by atoms with E-state index in [9.17, 15) is 14.4 Å². The maximum atomic E-state index is 13.5. The summed E-state index contributed by atoms with van der Waals surface area (Å²) in [4.78, 5) is 39.7. The zero-order chi connectivity index (χ0) is 27.4. The topological polar surface area (TPSA) is 78.9 Å². The molecule has 7 heteroatoms. The van der Waals surface area contributed by atoms with Crippen LogP contribution in [0.1, 0.15) is 75.2 Å². The molecule has 0 radical (unpaired) electrons. The van der Waals surface area contributed by atoms with Gasteiger partial charge in [0.25, 0.3) is 0 Å². The number of allylic oxidation sites excluding steroid dienone is 4. The highest BCUT2D eigenvalue weighted by atomic mass is 35.5. The number of hydrogen-bond acceptors (Lipinski definition) is 6. The van der Waals surface area contributed by atoms with E-state index in [1.807, 2.05) is 0 Å². The van der Waals surface area contributed by atoms with Gasteiger partial charge in [0.05, 0.1) is 12.7 Å². The fraction of sp³-hybridized carbons (Fsp3) is 0.387. The first-order valence-electron chi connectivity index (χ1n) is 12.7. The lowest BCUT2D eigenvalue weighted by Crippen LogP contribution is -2.37. The summed E-state index contributed by atoms with van der Waals surface area (Å²) in [5, 5.41) is 0.517. The Kier molecular flexibility index (Phi) is 6.50. The second-order valence-corrected chi connectivity index (χ2v) is 12.3. The summed E-state index contributed by atoms with van der Waals surface area (Å²) < 4.78 is 17.6. The van der Waals surface area contributed by atoms with E-state index in [2.05, 4.69) is 27.7 Å². The SMILES string of the molecule is COc1cc(C2C3=C(CC(C)(C)CC3=O)OC3=C2C(=O)CC(C)(C)C3)ccc1OC(=O)c1ccc(Cl)cc1. The maximum absolute atomic E-state index is 13.5. The van der Waals surface area contributed by atoms with Crippen LogP contribution in [0.3, 0.4) is 0 Å². The molecule has 0 unspecified atom stereocenters. The van der Waals surface area contributed by atoms with E-state index < -0.39 is 11.9 Å². The number of ether oxygens (including phenoxy) is 3. The minimum absolute atomic E-state index is 0.0114. The molecule has 0 saturated carbocycles. The molecule has 2 aromatic carbocycles. The first-order chi connectivity index (χ1) is 17.9. The Morgan fingerprint density at radius 3 is 1.92 bits per heavy atom. The van der Waals surface area contributed by atoms with E-state index in [1.165, 1.54) is 7.11 Å². The number of carbonyl (C=O) groups excluding carboxylic acids is 3. The predicted molar refractivity (Wildman–Crippen MR) is 143 cm³/mol. The number of carbonyl (C=O) groups is 3. The number of Topliss-reactive ketones (excluding diaryl/α,β-unsaturated/α-hetero) is 2. The summed E-state index contributed by atoms with van der Waals surface area (Å²) in [5.74, 6) is 0.728. The van der Waals surface area contributed by atoms with Gasteiger partial charge in [0.1, 0.15) is 11.5 Å². The van der Waals surface area contributed by atoms with Gasteiger partial charge in [-0.2, -0.15) is 0 Å². The molecule has 6 nitrogen and oxygen atoms in total. The lowest BCUT2D eigenvalue weighted by Gasteiger charge is -2.42. The molecule has 0 atom stereocenters. The van der Waals surface area contributed by atoms with Gasteiger partial charge in [-0.15, -0.1) is 0 Å². The molecule has 0 bridgehead atoms. The summed E-state index contributed by atoms with van der Waals surface area (Å²) in [6, 6.07) is 11.6. The van der Waals surface area contributed by atoms with Crippen LogP contribution in [-0.2, 0) is 14.3 Å². The van der Waals surface area contributed by atoms with Gasteiger partial charge in [-0.1, -0.05) is 45.4 Å². The van der Waals surface area contributed by atoms with Crippen molar-refractivity contribution in [2.75, 3.05) is 7.11 Å². The summed E-state index contributed by atoms with van der Waals surface area (Å²) >= 11 is 5.93. The zero-order valence-electron chi connectivity index (χ0n) is 22.3. The third-order valence-corrected chi connectivity index (χ3v) is 7.64. The molecule has 198 valence electrons. The van der Waals surface area contributed by atoms with Gasteiger partial charge in [-0.3, -0.25) is 9.59 Å².